The number of hydrogen-bond acceptors (Lipinski definition) is 4. The van der Waals surface area contributed by atoms with Crippen molar-refractivity contribution in [2.24, 2.45) is 0 Å². The number of carbonyl (C=O) groups excluding carboxylic acids is 1. The number of rotatable bonds is 8. The Bertz CT molecular complexity index is 964. The lowest BCUT2D eigenvalue weighted by Gasteiger charge is -2.45. The molecule has 0 heterocycles. The van der Waals surface area contributed by atoms with Gasteiger partial charge >= 0.3 is 6.09 Å². The first-order valence-electron chi connectivity index (χ1n) is 11.4. The molecule has 0 unspecified atom stereocenters. The second-order valence-corrected chi connectivity index (χ2v) is 18.2. The summed E-state index contributed by atoms with van der Waals surface area (Å²) in [5, 5.41) is 0.548. The molecule has 0 radical (unpaired) electrons. The molecule has 33 heavy (non-hydrogen) atoms. The van der Waals surface area contributed by atoms with Gasteiger partial charge in [-0.3, -0.25) is 0 Å². The molecule has 0 aliphatic rings. The van der Waals surface area contributed by atoms with E-state index in [4.69, 9.17) is 4.74 Å². The molecule has 0 atom stereocenters. The monoisotopic (exact) mass is 497 g/mol. The number of aryl methyl sites for hydroxylation is 1. The number of halogens is 1. The van der Waals surface area contributed by atoms with Crippen LogP contribution in [0.15, 0.2) is 46.4 Å². The van der Waals surface area contributed by atoms with Crippen molar-refractivity contribution in [1.82, 2.24) is 4.31 Å². The third-order valence-corrected chi connectivity index (χ3v) is 14.9. The Morgan fingerprint density at radius 2 is 1.52 bits per heavy atom. The highest BCUT2D eigenvalue weighted by atomic mass is 32.2. The molecule has 0 aromatic heterocycles. The normalized spacial score (nSPS) is 12.7. The van der Waals surface area contributed by atoms with Gasteiger partial charge in [0.1, 0.15) is 20.0 Å². The van der Waals surface area contributed by atoms with Crippen molar-refractivity contribution >= 4 is 24.2 Å². The summed E-state index contributed by atoms with van der Waals surface area (Å²) in [5.41, 5.74) is 3.22. The number of carbonyl (C=O) groups is 1. The van der Waals surface area contributed by atoms with Gasteiger partial charge in [0, 0.05) is 0 Å². The zero-order valence-corrected chi connectivity index (χ0v) is 23.5. The Hall–Kier alpha value is -1.89. The summed E-state index contributed by atoms with van der Waals surface area (Å²) in [6.07, 6.45) is -0.656. The molecule has 0 aliphatic heterocycles. The Kier molecular flexibility index (Phi) is 9.73. The third kappa shape index (κ3) is 6.58. The minimum atomic E-state index is -4.26. The Morgan fingerprint density at radius 1 is 1.06 bits per heavy atom. The predicted octanol–water partition coefficient (Wildman–Crippen LogP) is 7.15. The standard InChI is InChI=1S/C25H40FNO4SSi/c1-18(2)33(19(3)4,20(5)6)23(15-16-26)17-27(24(28)31-25(8,9)10)32(29,30)22-13-11-21(7)12-14-22/h11-14,16,18-20H,17H2,1-10H3. The molecule has 0 spiro atoms. The Balaban J connectivity index is 3.78. The molecule has 1 amide bonds. The van der Waals surface area contributed by atoms with E-state index in [-0.39, 0.29) is 28.1 Å². The van der Waals surface area contributed by atoms with Crippen LogP contribution in [0.3, 0.4) is 0 Å². The number of benzene rings is 1. The molecule has 1 rings (SSSR count). The van der Waals surface area contributed by atoms with Gasteiger partial charge in [-0.1, -0.05) is 65.0 Å². The number of amides is 1. The van der Waals surface area contributed by atoms with E-state index in [0.29, 0.717) is 11.5 Å². The molecule has 0 aliphatic carbocycles. The topological polar surface area (TPSA) is 63.7 Å². The molecule has 0 N–H and O–H groups in total. The van der Waals surface area contributed by atoms with Crippen LogP contribution in [0.5, 0.6) is 0 Å². The van der Waals surface area contributed by atoms with Crippen molar-refractivity contribution in [2.75, 3.05) is 6.54 Å². The van der Waals surface area contributed by atoms with Gasteiger partial charge in [0.2, 0.25) is 0 Å². The minimum absolute atomic E-state index is 0.0200. The lowest BCUT2D eigenvalue weighted by atomic mass is 10.2. The average molecular weight is 498 g/mol. The van der Waals surface area contributed by atoms with Crippen LogP contribution in [0.4, 0.5) is 9.18 Å². The van der Waals surface area contributed by atoms with Gasteiger partial charge in [-0.15, -0.1) is 0 Å². The molecule has 8 heteroatoms. The zero-order chi connectivity index (χ0) is 25.8. The largest absolute Gasteiger partial charge is 0.443 e. The van der Waals surface area contributed by atoms with E-state index in [1.807, 2.05) is 6.92 Å². The van der Waals surface area contributed by atoms with Crippen molar-refractivity contribution in [2.45, 2.75) is 96.4 Å². The SMILES string of the molecule is Cc1ccc(S(=O)(=O)N(CC(=C=CF)[Si](C(C)C)(C(C)C)C(C)C)C(=O)OC(C)(C)C)cc1. The van der Waals surface area contributed by atoms with Gasteiger partial charge in [-0.05, 0) is 61.6 Å². The smallest absolute Gasteiger partial charge is 0.424 e. The van der Waals surface area contributed by atoms with Gasteiger partial charge in [0.05, 0.1) is 11.4 Å². The first-order valence-corrected chi connectivity index (χ1v) is 15.1. The van der Waals surface area contributed by atoms with Gasteiger partial charge in [-0.25, -0.2) is 17.6 Å². The van der Waals surface area contributed by atoms with Gasteiger partial charge in [0.15, 0.2) is 0 Å². The van der Waals surface area contributed by atoms with Crippen LogP contribution in [0.1, 0.15) is 67.9 Å². The summed E-state index contributed by atoms with van der Waals surface area (Å²) in [6.45, 7) is 19.1. The molecule has 0 saturated heterocycles. The molecular formula is C25H40FNO4SSi. The van der Waals surface area contributed by atoms with Crippen LogP contribution in [0, 0.1) is 6.92 Å². The van der Waals surface area contributed by atoms with Gasteiger partial charge in [-0.2, -0.15) is 4.31 Å². The van der Waals surface area contributed by atoms with Gasteiger partial charge in [0.25, 0.3) is 10.0 Å². The van der Waals surface area contributed by atoms with Crippen LogP contribution in [-0.2, 0) is 14.8 Å². The van der Waals surface area contributed by atoms with Crippen LogP contribution < -0.4 is 0 Å². The summed E-state index contributed by atoms with van der Waals surface area (Å²) in [7, 11) is -6.77. The first-order chi connectivity index (χ1) is 15.0. The second-order valence-electron chi connectivity index (χ2n) is 10.4. The summed E-state index contributed by atoms with van der Waals surface area (Å²) < 4.78 is 47.1. The summed E-state index contributed by atoms with van der Waals surface area (Å²) in [6, 6.07) is 6.28. The Morgan fingerprint density at radius 3 is 1.88 bits per heavy atom. The molecule has 0 saturated carbocycles. The average Bonchev–Trinajstić information content (AvgIpc) is 2.64. The van der Waals surface area contributed by atoms with Crippen LogP contribution in [-0.4, -0.2) is 39.0 Å². The van der Waals surface area contributed by atoms with E-state index in [1.165, 1.54) is 12.1 Å². The van der Waals surface area contributed by atoms with Crippen molar-refractivity contribution < 1.29 is 22.3 Å². The molecule has 0 fully saturated rings. The molecule has 5 nitrogen and oxygen atoms in total. The van der Waals surface area contributed by atoms with E-state index in [9.17, 15) is 17.6 Å². The third-order valence-electron chi connectivity index (χ3n) is 6.13. The lowest BCUT2D eigenvalue weighted by molar-refractivity contribution is 0.0402. The van der Waals surface area contributed by atoms with E-state index < -0.39 is 29.8 Å². The van der Waals surface area contributed by atoms with Crippen LogP contribution >= 0.6 is 0 Å². The summed E-state index contributed by atoms with van der Waals surface area (Å²) in [4.78, 5) is 13.2. The van der Waals surface area contributed by atoms with E-state index in [1.54, 1.807) is 32.9 Å². The number of hydrogen-bond donors (Lipinski definition) is 0. The van der Waals surface area contributed by atoms with Crippen LogP contribution in [0.25, 0.3) is 0 Å². The molecular weight excluding hydrogens is 457 g/mol. The molecule has 1 aromatic carbocycles. The fourth-order valence-corrected chi connectivity index (χ4v) is 13.2. The highest BCUT2D eigenvalue weighted by Gasteiger charge is 2.48. The maximum atomic E-state index is 13.6. The fraction of sp³-hybridized carbons (Fsp3) is 0.600. The summed E-state index contributed by atoms with van der Waals surface area (Å²) in [5.74, 6) is 0. The number of ether oxygens (including phenoxy) is 1. The maximum absolute atomic E-state index is 13.6. The molecule has 0 bridgehead atoms. The lowest BCUT2D eigenvalue weighted by Crippen LogP contribution is -2.51. The highest BCUT2D eigenvalue weighted by Crippen LogP contribution is 2.46. The Labute approximate surface area is 200 Å². The van der Waals surface area contributed by atoms with Crippen molar-refractivity contribution in [1.29, 1.82) is 0 Å². The fourth-order valence-electron chi connectivity index (χ4n) is 4.96. The summed E-state index contributed by atoms with van der Waals surface area (Å²) >= 11 is 0. The predicted molar refractivity (Wildman–Crippen MR) is 135 cm³/mol. The quantitative estimate of drug-likeness (QED) is 0.283. The van der Waals surface area contributed by atoms with E-state index in [2.05, 4.69) is 47.3 Å². The second kappa shape index (κ2) is 11.0. The molecule has 186 valence electrons. The van der Waals surface area contributed by atoms with Crippen molar-refractivity contribution in [3.05, 3.63) is 47.1 Å². The number of nitrogens with zero attached hydrogens (tertiary/aromatic N) is 1. The first kappa shape index (κ1) is 29.1. The van der Waals surface area contributed by atoms with Crippen molar-refractivity contribution in [3.63, 3.8) is 0 Å². The van der Waals surface area contributed by atoms with Crippen LogP contribution in [0.2, 0.25) is 16.6 Å². The van der Waals surface area contributed by atoms with E-state index in [0.717, 1.165) is 9.87 Å². The zero-order valence-electron chi connectivity index (χ0n) is 21.7. The number of sulfonamides is 1. The highest BCUT2D eigenvalue weighted by molar-refractivity contribution is 7.89. The minimum Gasteiger partial charge on any atom is -0.443 e. The molecule has 1 aromatic rings. The van der Waals surface area contributed by atoms with Crippen molar-refractivity contribution in [3.8, 4) is 0 Å². The van der Waals surface area contributed by atoms with E-state index >= 15 is 0 Å². The maximum Gasteiger partial charge on any atom is 0.424 e. The van der Waals surface area contributed by atoms with Gasteiger partial charge < -0.3 is 4.74 Å².